The van der Waals surface area contributed by atoms with E-state index in [-0.39, 0.29) is 23.1 Å². The number of benzene rings is 2. The Morgan fingerprint density at radius 2 is 1.14 bits per heavy atom. The Morgan fingerprint density at radius 3 is 1.66 bits per heavy atom. The lowest BCUT2D eigenvalue weighted by atomic mass is 9.88. The van der Waals surface area contributed by atoms with Crippen LogP contribution >= 0.6 is 0 Å². The highest BCUT2D eigenvalue weighted by Crippen LogP contribution is 2.29. The van der Waals surface area contributed by atoms with Crippen molar-refractivity contribution in [3.8, 4) is 0 Å². The summed E-state index contributed by atoms with van der Waals surface area (Å²) in [6.07, 6.45) is 0.181. The number of methoxy groups -OCH3 is 4. The highest BCUT2D eigenvalue weighted by Gasteiger charge is 2.34. The van der Waals surface area contributed by atoms with Gasteiger partial charge in [-0.15, -0.1) is 0 Å². The highest BCUT2D eigenvalue weighted by molar-refractivity contribution is 6.15. The van der Waals surface area contributed by atoms with Crippen LogP contribution in [-0.2, 0) is 25.4 Å². The summed E-state index contributed by atoms with van der Waals surface area (Å²) in [4.78, 5) is 50.0. The van der Waals surface area contributed by atoms with E-state index in [0.717, 1.165) is 34.0 Å². The van der Waals surface area contributed by atoms with E-state index in [1.54, 1.807) is 12.1 Å². The molecular formula is C21H20O8. The predicted octanol–water partition coefficient (Wildman–Crippen LogP) is 2.42. The quantitative estimate of drug-likeness (QED) is 0.538. The lowest BCUT2D eigenvalue weighted by Gasteiger charge is -2.18. The minimum atomic E-state index is -0.998. The van der Waals surface area contributed by atoms with Gasteiger partial charge in [-0.25, -0.2) is 19.2 Å². The molecule has 0 aromatic heterocycles. The molecule has 2 rings (SSSR count). The van der Waals surface area contributed by atoms with Crippen LogP contribution in [-0.4, -0.2) is 52.3 Å². The second kappa shape index (κ2) is 9.50. The fraction of sp³-hybridized carbons (Fsp3) is 0.238. The molecule has 29 heavy (non-hydrogen) atoms. The summed E-state index contributed by atoms with van der Waals surface area (Å²) in [5.41, 5.74) is -0.162. The predicted molar refractivity (Wildman–Crippen MR) is 101 cm³/mol. The lowest BCUT2D eigenvalue weighted by Crippen LogP contribution is -2.24. The van der Waals surface area contributed by atoms with Crippen LogP contribution in [0.25, 0.3) is 0 Å². The maximum atomic E-state index is 12.6. The molecule has 0 radical (unpaired) electrons. The molecule has 2 aromatic carbocycles. The summed E-state index contributed by atoms with van der Waals surface area (Å²) < 4.78 is 19.1. The summed E-state index contributed by atoms with van der Waals surface area (Å²) in [7, 11) is 4.44. The van der Waals surface area contributed by atoms with Crippen molar-refractivity contribution in [2.45, 2.75) is 6.42 Å². The molecule has 0 saturated carbocycles. The van der Waals surface area contributed by atoms with Gasteiger partial charge in [0.05, 0.1) is 50.7 Å². The second-order valence-corrected chi connectivity index (χ2v) is 5.84. The first-order valence-corrected chi connectivity index (χ1v) is 8.46. The number of esters is 4. The molecule has 0 N–H and O–H groups in total. The number of carbonyl (C=O) groups is 4. The summed E-state index contributed by atoms with van der Waals surface area (Å²) in [6.45, 7) is 0. The van der Waals surface area contributed by atoms with E-state index in [4.69, 9.17) is 18.9 Å². The molecule has 2 aromatic rings. The normalized spacial score (nSPS) is 10.1. The fourth-order valence-corrected chi connectivity index (χ4v) is 2.92. The summed E-state index contributed by atoms with van der Waals surface area (Å²) in [5, 5.41) is 0. The van der Waals surface area contributed by atoms with Crippen LogP contribution in [0.2, 0.25) is 0 Å². The Labute approximate surface area is 167 Å². The van der Waals surface area contributed by atoms with Crippen molar-refractivity contribution in [3.63, 3.8) is 0 Å². The second-order valence-electron chi connectivity index (χ2n) is 5.84. The minimum Gasteiger partial charge on any atom is -0.465 e. The molecule has 0 aliphatic heterocycles. The average molecular weight is 400 g/mol. The van der Waals surface area contributed by atoms with Crippen molar-refractivity contribution in [2.75, 3.05) is 28.4 Å². The first kappa shape index (κ1) is 21.6. The third kappa shape index (κ3) is 4.43. The van der Waals surface area contributed by atoms with Crippen LogP contribution in [0.5, 0.6) is 0 Å². The molecule has 0 aliphatic rings. The molecule has 0 saturated heterocycles. The van der Waals surface area contributed by atoms with Crippen molar-refractivity contribution in [1.82, 2.24) is 0 Å². The zero-order valence-electron chi connectivity index (χ0n) is 16.4. The molecule has 0 unspecified atom stereocenters. The smallest absolute Gasteiger partial charge is 0.339 e. The summed E-state index contributed by atoms with van der Waals surface area (Å²) in [5.74, 6) is -3.73. The monoisotopic (exact) mass is 400 g/mol. The van der Waals surface area contributed by atoms with Gasteiger partial charge < -0.3 is 18.9 Å². The first-order chi connectivity index (χ1) is 13.9. The molecule has 0 aliphatic carbocycles. The van der Waals surface area contributed by atoms with Crippen LogP contribution in [0.3, 0.4) is 0 Å². The SMILES string of the molecule is COC(=O)c1cc(Cc2ccccc2)c(C(=O)OC)c(C(=O)OC)c1C(=O)OC. The Hall–Kier alpha value is -3.68. The van der Waals surface area contributed by atoms with Crippen molar-refractivity contribution in [3.05, 3.63) is 69.8 Å². The van der Waals surface area contributed by atoms with Crippen molar-refractivity contribution >= 4 is 23.9 Å². The van der Waals surface area contributed by atoms with E-state index in [1.165, 1.54) is 6.07 Å². The molecule has 152 valence electrons. The van der Waals surface area contributed by atoms with E-state index in [9.17, 15) is 19.2 Å². The largest absolute Gasteiger partial charge is 0.465 e. The van der Waals surface area contributed by atoms with E-state index in [2.05, 4.69) is 0 Å². The van der Waals surface area contributed by atoms with Crippen LogP contribution in [0.15, 0.2) is 36.4 Å². The van der Waals surface area contributed by atoms with Gasteiger partial charge in [0.2, 0.25) is 0 Å². The third-order valence-corrected chi connectivity index (χ3v) is 4.22. The Balaban J connectivity index is 2.95. The first-order valence-electron chi connectivity index (χ1n) is 8.46. The summed E-state index contributed by atoms with van der Waals surface area (Å²) in [6, 6.07) is 10.4. The van der Waals surface area contributed by atoms with Crippen LogP contribution in [0, 0.1) is 0 Å². The molecule has 0 bridgehead atoms. The minimum absolute atomic E-state index is 0.181. The van der Waals surface area contributed by atoms with Gasteiger partial charge in [0.15, 0.2) is 0 Å². The number of carbonyl (C=O) groups excluding carboxylic acids is 4. The van der Waals surface area contributed by atoms with Gasteiger partial charge in [0.25, 0.3) is 0 Å². The average Bonchev–Trinajstić information content (AvgIpc) is 2.76. The van der Waals surface area contributed by atoms with Gasteiger partial charge in [0.1, 0.15) is 0 Å². The molecule has 0 spiro atoms. The van der Waals surface area contributed by atoms with E-state index in [1.807, 2.05) is 18.2 Å². The van der Waals surface area contributed by atoms with Crippen LogP contribution in [0.1, 0.15) is 52.6 Å². The molecule has 0 heterocycles. The molecular weight excluding hydrogens is 380 g/mol. The Morgan fingerprint density at radius 1 is 0.655 bits per heavy atom. The van der Waals surface area contributed by atoms with Gasteiger partial charge >= 0.3 is 23.9 Å². The van der Waals surface area contributed by atoms with Crippen LogP contribution < -0.4 is 0 Å². The number of rotatable bonds is 6. The maximum Gasteiger partial charge on any atom is 0.339 e. The molecule has 0 atom stereocenters. The zero-order chi connectivity index (χ0) is 21.6. The fourth-order valence-electron chi connectivity index (χ4n) is 2.92. The van der Waals surface area contributed by atoms with Gasteiger partial charge in [-0.1, -0.05) is 30.3 Å². The Bertz CT molecular complexity index is 947. The number of hydrogen-bond donors (Lipinski definition) is 0. The number of ether oxygens (including phenoxy) is 4. The third-order valence-electron chi connectivity index (χ3n) is 4.22. The van der Waals surface area contributed by atoms with Gasteiger partial charge in [0, 0.05) is 0 Å². The standard InChI is InChI=1S/C21H20O8/c1-26-18(22)14-11-13(10-12-8-6-5-7-9-12)15(19(23)27-2)17(21(25)29-4)16(14)20(24)28-3/h5-9,11H,10H2,1-4H3. The number of hydrogen-bond acceptors (Lipinski definition) is 8. The molecule has 8 heteroatoms. The van der Waals surface area contributed by atoms with E-state index in [0.29, 0.717) is 0 Å². The highest BCUT2D eigenvalue weighted by atomic mass is 16.5. The van der Waals surface area contributed by atoms with E-state index >= 15 is 0 Å². The molecule has 0 fully saturated rings. The topological polar surface area (TPSA) is 105 Å². The van der Waals surface area contributed by atoms with Crippen molar-refractivity contribution < 1.29 is 38.1 Å². The Kier molecular flexibility index (Phi) is 7.08. The molecule has 0 amide bonds. The molecule has 8 nitrogen and oxygen atoms in total. The van der Waals surface area contributed by atoms with Gasteiger partial charge in [-0.3, -0.25) is 0 Å². The lowest BCUT2D eigenvalue weighted by molar-refractivity contribution is 0.0520. The van der Waals surface area contributed by atoms with Crippen molar-refractivity contribution in [2.24, 2.45) is 0 Å². The maximum absolute atomic E-state index is 12.6. The van der Waals surface area contributed by atoms with Crippen molar-refractivity contribution in [1.29, 1.82) is 0 Å². The van der Waals surface area contributed by atoms with Gasteiger partial charge in [-0.2, -0.15) is 0 Å². The van der Waals surface area contributed by atoms with E-state index < -0.39 is 35.0 Å². The van der Waals surface area contributed by atoms with Gasteiger partial charge in [-0.05, 0) is 23.6 Å². The summed E-state index contributed by atoms with van der Waals surface area (Å²) >= 11 is 0. The zero-order valence-corrected chi connectivity index (χ0v) is 16.4. The van der Waals surface area contributed by atoms with Crippen LogP contribution in [0.4, 0.5) is 0 Å².